The molecule has 3 aromatic carbocycles. The average Bonchev–Trinajstić information content (AvgIpc) is 3.47. The zero-order valence-electron chi connectivity index (χ0n) is 17.3. The summed E-state index contributed by atoms with van der Waals surface area (Å²) >= 11 is 0. The van der Waals surface area contributed by atoms with Crippen molar-refractivity contribution in [3.8, 4) is 11.3 Å². The maximum atomic E-state index is 12.6. The second-order valence-corrected chi connectivity index (χ2v) is 7.72. The molecule has 1 amide bonds. The van der Waals surface area contributed by atoms with Crippen LogP contribution in [0.1, 0.15) is 34.1 Å². The number of aromatic nitrogens is 2. The number of carbonyl (C=O) groups excluding carboxylic acids is 1. The van der Waals surface area contributed by atoms with E-state index in [0.29, 0.717) is 17.0 Å². The van der Waals surface area contributed by atoms with E-state index in [-0.39, 0.29) is 11.4 Å². The van der Waals surface area contributed by atoms with Crippen LogP contribution in [0.25, 0.3) is 22.0 Å². The molecule has 32 heavy (non-hydrogen) atoms. The van der Waals surface area contributed by atoms with Crippen LogP contribution < -0.4 is 5.43 Å². The van der Waals surface area contributed by atoms with Crippen molar-refractivity contribution in [2.45, 2.75) is 19.8 Å². The van der Waals surface area contributed by atoms with E-state index in [0.717, 1.165) is 23.8 Å². The van der Waals surface area contributed by atoms with Crippen LogP contribution in [0.2, 0.25) is 0 Å². The van der Waals surface area contributed by atoms with Gasteiger partial charge < -0.3 is 0 Å². The Morgan fingerprint density at radius 3 is 2.69 bits per heavy atom. The number of non-ortho nitro benzene ring substituents is 1. The van der Waals surface area contributed by atoms with Gasteiger partial charge in [-0.15, -0.1) is 0 Å². The number of aryl methyl sites for hydroxylation is 2. The van der Waals surface area contributed by atoms with E-state index in [1.807, 2.05) is 0 Å². The van der Waals surface area contributed by atoms with Crippen molar-refractivity contribution in [3.05, 3.63) is 93.2 Å². The summed E-state index contributed by atoms with van der Waals surface area (Å²) in [5.74, 6) is -0.445. The van der Waals surface area contributed by atoms with Gasteiger partial charge in [0.05, 0.1) is 16.3 Å². The molecule has 1 aliphatic carbocycles. The molecular weight excluding hydrogens is 406 g/mol. The van der Waals surface area contributed by atoms with E-state index in [9.17, 15) is 14.9 Å². The molecule has 0 bridgehead atoms. The monoisotopic (exact) mass is 425 g/mol. The fourth-order valence-corrected chi connectivity index (χ4v) is 4.15. The van der Waals surface area contributed by atoms with Crippen LogP contribution in [0.4, 0.5) is 5.69 Å². The number of H-pyrrole nitrogens is 1. The third-order valence-corrected chi connectivity index (χ3v) is 5.78. The van der Waals surface area contributed by atoms with Gasteiger partial charge in [-0.1, -0.05) is 42.5 Å². The predicted molar refractivity (Wildman–Crippen MR) is 122 cm³/mol. The Morgan fingerprint density at radius 2 is 1.88 bits per heavy atom. The van der Waals surface area contributed by atoms with Crippen LogP contribution in [-0.4, -0.2) is 26.7 Å². The minimum absolute atomic E-state index is 0.0352. The lowest BCUT2D eigenvalue weighted by Crippen LogP contribution is -2.19. The molecule has 2 N–H and O–H groups in total. The summed E-state index contributed by atoms with van der Waals surface area (Å²) in [4.78, 5) is 23.1. The van der Waals surface area contributed by atoms with Crippen molar-refractivity contribution >= 4 is 28.1 Å². The van der Waals surface area contributed by atoms with Gasteiger partial charge in [0.2, 0.25) is 0 Å². The quantitative estimate of drug-likeness (QED) is 0.280. The molecule has 158 valence electrons. The molecule has 4 aromatic rings. The summed E-state index contributed by atoms with van der Waals surface area (Å²) in [6.45, 7) is 1.67. The van der Waals surface area contributed by atoms with E-state index in [1.165, 1.54) is 28.6 Å². The molecule has 1 aromatic heterocycles. The fraction of sp³-hybridized carbons (Fsp3) is 0.125. The Bertz CT molecular complexity index is 1410. The maximum absolute atomic E-state index is 12.6. The smallest absolute Gasteiger partial charge is 0.272 e. The van der Waals surface area contributed by atoms with Crippen molar-refractivity contribution in [2.24, 2.45) is 5.10 Å². The van der Waals surface area contributed by atoms with Gasteiger partial charge in [0.25, 0.3) is 11.6 Å². The largest absolute Gasteiger partial charge is 0.289 e. The molecule has 1 heterocycles. The Labute approximate surface area is 183 Å². The molecule has 0 fully saturated rings. The van der Waals surface area contributed by atoms with Crippen LogP contribution in [0, 0.1) is 10.1 Å². The number of nitro benzene ring substituents is 1. The minimum atomic E-state index is -0.471. The molecule has 0 aliphatic heterocycles. The molecular formula is C24H19N5O3. The van der Waals surface area contributed by atoms with Crippen LogP contribution in [0.5, 0.6) is 0 Å². The normalized spacial score (nSPS) is 12.8. The van der Waals surface area contributed by atoms with Gasteiger partial charge in [0.15, 0.2) is 0 Å². The molecule has 0 atom stereocenters. The van der Waals surface area contributed by atoms with Gasteiger partial charge in [-0.2, -0.15) is 10.2 Å². The van der Waals surface area contributed by atoms with Gasteiger partial charge in [0, 0.05) is 23.3 Å². The first-order valence-electron chi connectivity index (χ1n) is 10.2. The van der Waals surface area contributed by atoms with Crippen molar-refractivity contribution < 1.29 is 9.72 Å². The van der Waals surface area contributed by atoms with Crippen molar-refractivity contribution in [1.82, 2.24) is 15.6 Å². The SMILES string of the molecule is CC(=NNC(=O)c1cc(-c2ccc3c4c(cccc24)CC3)n[nH]1)c1cccc([N+](=O)[O-])c1. The van der Waals surface area contributed by atoms with Gasteiger partial charge in [-0.05, 0) is 47.7 Å². The van der Waals surface area contributed by atoms with Gasteiger partial charge >= 0.3 is 0 Å². The number of benzene rings is 3. The summed E-state index contributed by atoms with van der Waals surface area (Å²) in [6.07, 6.45) is 2.10. The number of rotatable bonds is 5. The Hall–Kier alpha value is -4.33. The highest BCUT2D eigenvalue weighted by Crippen LogP contribution is 2.36. The van der Waals surface area contributed by atoms with Crippen molar-refractivity contribution in [2.75, 3.05) is 0 Å². The fourth-order valence-electron chi connectivity index (χ4n) is 4.15. The molecule has 0 spiro atoms. The number of hydrogen-bond acceptors (Lipinski definition) is 5. The number of amides is 1. The van der Waals surface area contributed by atoms with Gasteiger partial charge in [-0.25, -0.2) is 5.43 Å². The van der Waals surface area contributed by atoms with Crippen molar-refractivity contribution in [1.29, 1.82) is 0 Å². The molecule has 8 heteroatoms. The van der Waals surface area contributed by atoms with Crippen LogP contribution in [-0.2, 0) is 12.8 Å². The zero-order valence-corrected chi connectivity index (χ0v) is 17.3. The second kappa shape index (κ2) is 7.73. The van der Waals surface area contributed by atoms with Gasteiger partial charge in [-0.3, -0.25) is 20.0 Å². The highest BCUT2D eigenvalue weighted by Gasteiger charge is 2.18. The molecule has 0 saturated heterocycles. The Kier molecular flexibility index (Phi) is 4.74. The number of nitrogens with zero attached hydrogens (tertiary/aromatic N) is 3. The van der Waals surface area contributed by atoms with E-state index in [4.69, 9.17) is 0 Å². The Morgan fingerprint density at radius 1 is 1.09 bits per heavy atom. The van der Waals surface area contributed by atoms with Crippen LogP contribution in [0.3, 0.4) is 0 Å². The number of aromatic amines is 1. The van der Waals surface area contributed by atoms with Crippen LogP contribution >= 0.6 is 0 Å². The number of carbonyl (C=O) groups is 1. The first kappa shape index (κ1) is 19.6. The summed E-state index contributed by atoms with van der Waals surface area (Å²) in [6, 6.07) is 18.3. The molecule has 0 unspecified atom stereocenters. The predicted octanol–water partition coefficient (Wildman–Crippen LogP) is 4.39. The average molecular weight is 425 g/mol. The number of hydrazone groups is 1. The minimum Gasteiger partial charge on any atom is -0.272 e. The summed E-state index contributed by atoms with van der Waals surface area (Å²) in [7, 11) is 0. The summed E-state index contributed by atoms with van der Waals surface area (Å²) in [5.41, 5.74) is 8.08. The molecule has 1 aliphatic rings. The molecule has 5 rings (SSSR count). The summed E-state index contributed by atoms with van der Waals surface area (Å²) < 4.78 is 0. The van der Waals surface area contributed by atoms with E-state index in [2.05, 4.69) is 51.1 Å². The third-order valence-electron chi connectivity index (χ3n) is 5.78. The number of hydrogen-bond donors (Lipinski definition) is 2. The lowest BCUT2D eigenvalue weighted by Gasteiger charge is -2.06. The Balaban J connectivity index is 1.38. The standard InChI is InChI=1S/C24H19N5O3/c1-14(17-5-2-6-18(12-17)29(31)32)25-28-24(30)22-13-21(26-27-22)19-11-10-16-9-8-15-4-3-7-20(19)23(15)16/h2-7,10-13H,8-9H2,1H3,(H,26,27)(H,28,30). The van der Waals surface area contributed by atoms with E-state index < -0.39 is 10.8 Å². The molecule has 8 nitrogen and oxygen atoms in total. The maximum Gasteiger partial charge on any atom is 0.289 e. The molecule has 0 saturated carbocycles. The first-order chi connectivity index (χ1) is 15.5. The topological polar surface area (TPSA) is 113 Å². The summed E-state index contributed by atoms with van der Waals surface area (Å²) in [5, 5.41) is 24.6. The van der Waals surface area contributed by atoms with E-state index in [1.54, 1.807) is 25.1 Å². The lowest BCUT2D eigenvalue weighted by atomic mass is 9.98. The highest BCUT2D eigenvalue weighted by atomic mass is 16.6. The highest BCUT2D eigenvalue weighted by molar-refractivity contribution is 6.03. The van der Waals surface area contributed by atoms with E-state index >= 15 is 0 Å². The lowest BCUT2D eigenvalue weighted by molar-refractivity contribution is -0.384. The molecule has 0 radical (unpaired) electrons. The van der Waals surface area contributed by atoms with Crippen LogP contribution in [0.15, 0.2) is 65.8 Å². The first-order valence-corrected chi connectivity index (χ1v) is 10.2. The number of nitrogens with one attached hydrogen (secondary N) is 2. The third kappa shape index (κ3) is 3.41. The second-order valence-electron chi connectivity index (χ2n) is 7.72. The number of nitro groups is 1. The van der Waals surface area contributed by atoms with Gasteiger partial charge in [0.1, 0.15) is 5.69 Å². The zero-order chi connectivity index (χ0) is 22.2. The van der Waals surface area contributed by atoms with Crippen molar-refractivity contribution in [3.63, 3.8) is 0 Å².